The van der Waals surface area contributed by atoms with Crippen LogP contribution in [0.4, 0.5) is 10.6 Å². The maximum atomic E-state index is 11.8. The van der Waals surface area contributed by atoms with Crippen molar-refractivity contribution in [1.29, 1.82) is 0 Å². The highest BCUT2D eigenvalue weighted by Crippen LogP contribution is 2.23. The summed E-state index contributed by atoms with van der Waals surface area (Å²) in [7, 11) is 0. The minimum absolute atomic E-state index is 0.228. The first kappa shape index (κ1) is 14.5. The summed E-state index contributed by atoms with van der Waals surface area (Å²) in [5.74, 6) is 0.462. The van der Waals surface area contributed by atoms with Gasteiger partial charge in [-0.3, -0.25) is 5.32 Å². The molecule has 3 aromatic rings. The van der Waals surface area contributed by atoms with Crippen molar-refractivity contribution in [2.45, 2.75) is 6.61 Å². The van der Waals surface area contributed by atoms with E-state index in [-0.39, 0.29) is 6.61 Å². The van der Waals surface area contributed by atoms with Crippen molar-refractivity contribution in [1.82, 2.24) is 4.98 Å². The first-order valence-corrected chi connectivity index (χ1v) is 7.55. The zero-order valence-electron chi connectivity index (χ0n) is 11.6. The van der Waals surface area contributed by atoms with Gasteiger partial charge in [0.15, 0.2) is 0 Å². The predicted molar refractivity (Wildman–Crippen MR) is 89.7 cm³/mol. The molecule has 110 valence electrons. The molecule has 0 radical (unpaired) electrons. The Morgan fingerprint density at radius 2 is 1.86 bits per heavy atom. The average Bonchev–Trinajstić information content (AvgIpc) is 2.54. The Labute approximate surface area is 136 Å². The number of hydrogen-bond donors (Lipinski definition) is 1. The van der Waals surface area contributed by atoms with E-state index in [4.69, 9.17) is 4.74 Å². The van der Waals surface area contributed by atoms with E-state index in [1.54, 1.807) is 6.07 Å². The summed E-state index contributed by atoms with van der Waals surface area (Å²) in [5, 5.41) is 3.63. The SMILES string of the molecule is O=C(Nc1ccc2c(Br)cccc2n1)OCc1ccccc1. The minimum atomic E-state index is -0.523. The number of benzene rings is 2. The van der Waals surface area contributed by atoms with E-state index < -0.39 is 6.09 Å². The molecule has 0 saturated heterocycles. The van der Waals surface area contributed by atoms with Gasteiger partial charge in [-0.05, 0) is 29.8 Å². The molecule has 0 spiro atoms. The Balaban J connectivity index is 1.66. The van der Waals surface area contributed by atoms with E-state index in [0.29, 0.717) is 5.82 Å². The third-order valence-corrected chi connectivity index (χ3v) is 3.81. The van der Waals surface area contributed by atoms with E-state index in [9.17, 15) is 4.79 Å². The van der Waals surface area contributed by atoms with E-state index in [2.05, 4.69) is 26.2 Å². The lowest BCUT2D eigenvalue weighted by atomic mass is 10.2. The Bertz CT molecular complexity index is 806. The molecular weight excluding hydrogens is 344 g/mol. The fraction of sp³-hybridized carbons (Fsp3) is 0.0588. The van der Waals surface area contributed by atoms with Crippen LogP contribution in [-0.2, 0) is 11.3 Å². The third-order valence-electron chi connectivity index (χ3n) is 3.12. The van der Waals surface area contributed by atoms with E-state index in [1.165, 1.54) is 0 Å². The van der Waals surface area contributed by atoms with Gasteiger partial charge < -0.3 is 4.74 Å². The fourth-order valence-electron chi connectivity index (χ4n) is 2.05. The maximum Gasteiger partial charge on any atom is 0.413 e. The molecule has 1 amide bonds. The fourth-order valence-corrected chi connectivity index (χ4v) is 2.54. The second-order valence-electron chi connectivity index (χ2n) is 4.69. The number of carbonyl (C=O) groups is 1. The van der Waals surface area contributed by atoms with Gasteiger partial charge in [0.05, 0.1) is 5.52 Å². The molecule has 5 heteroatoms. The van der Waals surface area contributed by atoms with Crippen LogP contribution in [0.2, 0.25) is 0 Å². The largest absolute Gasteiger partial charge is 0.444 e. The van der Waals surface area contributed by atoms with E-state index in [1.807, 2.05) is 54.6 Å². The minimum Gasteiger partial charge on any atom is -0.444 e. The first-order chi connectivity index (χ1) is 10.7. The number of aromatic nitrogens is 1. The molecule has 3 rings (SSSR count). The lowest BCUT2D eigenvalue weighted by Crippen LogP contribution is -2.14. The number of amides is 1. The molecule has 0 saturated carbocycles. The number of ether oxygens (including phenoxy) is 1. The lowest BCUT2D eigenvalue weighted by molar-refractivity contribution is 0.155. The number of rotatable bonds is 3. The third kappa shape index (κ3) is 3.43. The summed E-state index contributed by atoms with van der Waals surface area (Å²) >= 11 is 3.47. The molecule has 0 atom stereocenters. The number of nitrogens with zero attached hydrogens (tertiary/aromatic N) is 1. The maximum absolute atomic E-state index is 11.8. The number of carbonyl (C=O) groups excluding carboxylic acids is 1. The number of fused-ring (bicyclic) bond motifs is 1. The highest BCUT2D eigenvalue weighted by Gasteiger charge is 2.06. The summed E-state index contributed by atoms with van der Waals surface area (Å²) in [6.45, 7) is 0.228. The summed E-state index contributed by atoms with van der Waals surface area (Å²) in [6, 6.07) is 18.9. The van der Waals surface area contributed by atoms with Gasteiger partial charge in [0.1, 0.15) is 12.4 Å². The van der Waals surface area contributed by atoms with Gasteiger partial charge in [-0.2, -0.15) is 0 Å². The van der Waals surface area contributed by atoms with Gasteiger partial charge in [-0.1, -0.05) is 52.3 Å². The zero-order chi connectivity index (χ0) is 15.4. The van der Waals surface area contributed by atoms with Gasteiger partial charge in [0.2, 0.25) is 0 Å². The van der Waals surface area contributed by atoms with Crippen LogP contribution in [0.5, 0.6) is 0 Å². The van der Waals surface area contributed by atoms with Crippen molar-refractivity contribution < 1.29 is 9.53 Å². The molecular formula is C17H13BrN2O2. The highest BCUT2D eigenvalue weighted by atomic mass is 79.9. The molecule has 0 aliphatic heterocycles. The van der Waals surface area contributed by atoms with Crippen LogP contribution in [0, 0.1) is 0 Å². The Hall–Kier alpha value is -2.40. The van der Waals surface area contributed by atoms with Crippen LogP contribution in [0.1, 0.15) is 5.56 Å². The summed E-state index contributed by atoms with van der Waals surface area (Å²) in [5.41, 5.74) is 1.74. The van der Waals surface area contributed by atoms with E-state index in [0.717, 1.165) is 20.9 Å². The van der Waals surface area contributed by atoms with Gasteiger partial charge >= 0.3 is 6.09 Å². The zero-order valence-corrected chi connectivity index (χ0v) is 13.2. The normalized spacial score (nSPS) is 10.4. The molecule has 4 nitrogen and oxygen atoms in total. The number of hydrogen-bond acceptors (Lipinski definition) is 3. The smallest absolute Gasteiger partial charge is 0.413 e. The van der Waals surface area contributed by atoms with Gasteiger partial charge in [-0.15, -0.1) is 0 Å². The summed E-state index contributed by atoms with van der Waals surface area (Å²) < 4.78 is 6.14. The molecule has 0 aliphatic rings. The van der Waals surface area contributed by atoms with Crippen molar-refractivity contribution in [2.24, 2.45) is 0 Å². The number of anilines is 1. The van der Waals surface area contributed by atoms with Gasteiger partial charge in [-0.25, -0.2) is 9.78 Å². The lowest BCUT2D eigenvalue weighted by Gasteiger charge is -2.07. The van der Waals surface area contributed by atoms with Crippen molar-refractivity contribution in [3.8, 4) is 0 Å². The van der Waals surface area contributed by atoms with Crippen molar-refractivity contribution in [3.05, 3.63) is 70.7 Å². The van der Waals surface area contributed by atoms with Crippen LogP contribution in [0.25, 0.3) is 10.9 Å². The molecule has 0 fully saturated rings. The van der Waals surface area contributed by atoms with Crippen molar-refractivity contribution >= 4 is 38.7 Å². The van der Waals surface area contributed by atoms with Gasteiger partial charge in [0, 0.05) is 9.86 Å². The van der Waals surface area contributed by atoms with Crippen molar-refractivity contribution in [2.75, 3.05) is 5.32 Å². The summed E-state index contributed by atoms with van der Waals surface area (Å²) in [6.07, 6.45) is -0.523. The number of pyridine rings is 1. The quantitative estimate of drug-likeness (QED) is 0.736. The van der Waals surface area contributed by atoms with Crippen LogP contribution in [0.15, 0.2) is 65.1 Å². The highest BCUT2D eigenvalue weighted by molar-refractivity contribution is 9.10. The first-order valence-electron chi connectivity index (χ1n) is 6.75. The Morgan fingerprint density at radius 1 is 1.05 bits per heavy atom. The Morgan fingerprint density at radius 3 is 2.68 bits per heavy atom. The molecule has 0 unspecified atom stereocenters. The van der Waals surface area contributed by atoms with E-state index >= 15 is 0 Å². The van der Waals surface area contributed by atoms with Crippen molar-refractivity contribution in [3.63, 3.8) is 0 Å². The molecule has 1 N–H and O–H groups in total. The monoisotopic (exact) mass is 356 g/mol. The van der Waals surface area contributed by atoms with Crippen LogP contribution >= 0.6 is 15.9 Å². The number of nitrogens with one attached hydrogen (secondary N) is 1. The Kier molecular flexibility index (Phi) is 4.34. The molecule has 0 aliphatic carbocycles. The van der Waals surface area contributed by atoms with Gasteiger partial charge in [0.25, 0.3) is 0 Å². The second-order valence-corrected chi connectivity index (χ2v) is 5.54. The van der Waals surface area contributed by atoms with Crippen LogP contribution < -0.4 is 5.32 Å². The van der Waals surface area contributed by atoms with Crippen LogP contribution in [0.3, 0.4) is 0 Å². The second kappa shape index (κ2) is 6.58. The topological polar surface area (TPSA) is 51.2 Å². The number of halogens is 1. The molecule has 2 aromatic carbocycles. The average molecular weight is 357 g/mol. The molecule has 22 heavy (non-hydrogen) atoms. The standard InChI is InChI=1S/C17H13BrN2O2/c18-14-7-4-8-15-13(14)9-10-16(19-15)20-17(21)22-11-12-5-2-1-3-6-12/h1-10H,11H2,(H,19,20,21). The predicted octanol–water partition coefficient (Wildman–Crippen LogP) is 4.75. The van der Waals surface area contributed by atoms with Crippen LogP contribution in [-0.4, -0.2) is 11.1 Å². The molecule has 0 bridgehead atoms. The molecule has 1 aromatic heterocycles. The summed E-state index contributed by atoms with van der Waals surface area (Å²) in [4.78, 5) is 16.2. The molecule has 1 heterocycles.